The quantitative estimate of drug-likeness (QED) is 0.550. The van der Waals surface area contributed by atoms with Gasteiger partial charge >= 0.3 is 6.09 Å². The van der Waals surface area contributed by atoms with Crippen LogP contribution in [0.25, 0.3) is 6.08 Å². The minimum Gasteiger partial charge on any atom is -0.488 e. The number of hydrogen-bond acceptors (Lipinski definition) is 5. The molecule has 2 aromatic carbocycles. The SMILES string of the molecule is CC(C)(C)OC(=O)N[C@H](Cc1ccccc1)C(=O)N/N=C/C1=Cc2ccccc2OC1. The third kappa shape index (κ3) is 6.99. The van der Waals surface area contributed by atoms with Gasteiger partial charge in [0.25, 0.3) is 5.91 Å². The highest BCUT2D eigenvalue weighted by atomic mass is 16.6. The largest absolute Gasteiger partial charge is 0.488 e. The minimum atomic E-state index is -0.841. The van der Waals surface area contributed by atoms with Crippen LogP contribution in [0.1, 0.15) is 31.9 Å². The van der Waals surface area contributed by atoms with Crippen molar-refractivity contribution in [3.63, 3.8) is 0 Å². The number of alkyl carbamates (subject to hydrolysis) is 1. The average Bonchev–Trinajstić information content (AvgIpc) is 2.72. The summed E-state index contributed by atoms with van der Waals surface area (Å²) in [6.07, 6.45) is 3.14. The molecule has 2 amide bonds. The Morgan fingerprint density at radius 1 is 1.13 bits per heavy atom. The molecule has 162 valence electrons. The van der Waals surface area contributed by atoms with Gasteiger partial charge in [0.2, 0.25) is 0 Å². The van der Waals surface area contributed by atoms with E-state index in [0.717, 1.165) is 22.4 Å². The van der Waals surface area contributed by atoms with E-state index in [0.29, 0.717) is 13.0 Å². The van der Waals surface area contributed by atoms with Crippen molar-refractivity contribution in [2.24, 2.45) is 5.10 Å². The Hall–Kier alpha value is -3.61. The number of ether oxygens (including phenoxy) is 2. The number of hydrogen-bond donors (Lipinski definition) is 2. The lowest BCUT2D eigenvalue weighted by molar-refractivity contribution is -0.123. The molecular formula is C24H27N3O4. The van der Waals surface area contributed by atoms with E-state index < -0.39 is 23.6 Å². The van der Waals surface area contributed by atoms with Crippen LogP contribution in [-0.4, -0.2) is 36.5 Å². The molecule has 0 aliphatic carbocycles. The Bertz CT molecular complexity index is 978. The van der Waals surface area contributed by atoms with Gasteiger partial charge in [-0.3, -0.25) is 4.79 Å². The van der Waals surface area contributed by atoms with Crippen LogP contribution >= 0.6 is 0 Å². The van der Waals surface area contributed by atoms with E-state index in [4.69, 9.17) is 9.47 Å². The van der Waals surface area contributed by atoms with Crippen molar-refractivity contribution in [1.29, 1.82) is 0 Å². The summed E-state index contributed by atoms with van der Waals surface area (Å²) in [5, 5.41) is 6.68. The number of carbonyl (C=O) groups is 2. The summed E-state index contributed by atoms with van der Waals surface area (Å²) in [5.74, 6) is 0.372. The molecule has 3 rings (SSSR count). The first kappa shape index (κ1) is 22.1. The van der Waals surface area contributed by atoms with Crippen molar-refractivity contribution < 1.29 is 19.1 Å². The minimum absolute atomic E-state index is 0.306. The van der Waals surface area contributed by atoms with Gasteiger partial charge in [-0.15, -0.1) is 0 Å². The number of benzene rings is 2. The number of fused-ring (bicyclic) bond motifs is 1. The van der Waals surface area contributed by atoms with Gasteiger partial charge in [0.05, 0.1) is 6.21 Å². The third-order valence-corrected chi connectivity index (χ3v) is 4.35. The maximum Gasteiger partial charge on any atom is 0.408 e. The molecule has 0 spiro atoms. The second kappa shape index (κ2) is 9.93. The first-order valence-electron chi connectivity index (χ1n) is 10.1. The maximum atomic E-state index is 12.7. The molecule has 31 heavy (non-hydrogen) atoms. The Kier molecular flexibility index (Phi) is 7.07. The highest BCUT2D eigenvalue weighted by Gasteiger charge is 2.24. The zero-order valence-corrected chi connectivity index (χ0v) is 17.9. The molecule has 1 heterocycles. The molecule has 2 N–H and O–H groups in total. The molecule has 0 saturated heterocycles. The topological polar surface area (TPSA) is 89.0 Å². The van der Waals surface area contributed by atoms with Gasteiger partial charge in [-0.1, -0.05) is 48.5 Å². The highest BCUT2D eigenvalue weighted by Crippen LogP contribution is 2.24. The summed E-state index contributed by atoms with van der Waals surface area (Å²) in [7, 11) is 0. The Morgan fingerprint density at radius 3 is 2.58 bits per heavy atom. The molecule has 7 heteroatoms. The lowest BCUT2D eigenvalue weighted by atomic mass is 10.1. The Morgan fingerprint density at radius 2 is 1.84 bits per heavy atom. The normalized spacial score (nSPS) is 14.1. The smallest absolute Gasteiger partial charge is 0.408 e. The number of para-hydroxylation sites is 1. The lowest BCUT2D eigenvalue weighted by Crippen LogP contribution is -2.48. The second-order valence-electron chi connectivity index (χ2n) is 8.17. The van der Waals surface area contributed by atoms with Gasteiger partial charge in [-0.25, -0.2) is 10.2 Å². The van der Waals surface area contributed by atoms with Crippen molar-refractivity contribution in [1.82, 2.24) is 10.7 Å². The van der Waals surface area contributed by atoms with E-state index in [1.165, 1.54) is 0 Å². The van der Waals surface area contributed by atoms with Crippen LogP contribution in [0.2, 0.25) is 0 Å². The van der Waals surface area contributed by atoms with Crippen molar-refractivity contribution in [2.45, 2.75) is 38.8 Å². The van der Waals surface area contributed by atoms with E-state index in [2.05, 4.69) is 15.8 Å². The molecule has 0 radical (unpaired) electrons. The van der Waals surface area contributed by atoms with Crippen molar-refractivity contribution in [3.05, 3.63) is 71.3 Å². The molecule has 1 atom stereocenters. The summed E-state index contributed by atoms with van der Waals surface area (Å²) in [6.45, 7) is 5.66. The molecule has 0 saturated carbocycles. The molecule has 2 aromatic rings. The van der Waals surface area contributed by atoms with Crippen molar-refractivity contribution >= 4 is 24.3 Å². The lowest BCUT2D eigenvalue weighted by Gasteiger charge is -2.23. The van der Waals surface area contributed by atoms with Gasteiger partial charge in [0, 0.05) is 17.6 Å². The van der Waals surface area contributed by atoms with Crippen molar-refractivity contribution in [2.75, 3.05) is 6.61 Å². The first-order chi connectivity index (χ1) is 14.8. The van der Waals surface area contributed by atoms with E-state index in [-0.39, 0.29) is 0 Å². The average molecular weight is 421 g/mol. The summed E-state index contributed by atoms with van der Waals surface area (Å²) in [6, 6.07) is 16.3. The molecular weight excluding hydrogens is 394 g/mol. The monoisotopic (exact) mass is 421 g/mol. The number of hydrazone groups is 1. The van der Waals surface area contributed by atoms with Crippen LogP contribution in [-0.2, 0) is 16.0 Å². The maximum absolute atomic E-state index is 12.7. The summed E-state index contributed by atoms with van der Waals surface area (Å²) < 4.78 is 11.0. The Balaban J connectivity index is 1.65. The van der Waals surface area contributed by atoms with Gasteiger partial charge in [0.1, 0.15) is 24.0 Å². The fraction of sp³-hybridized carbons (Fsp3) is 0.292. The van der Waals surface area contributed by atoms with Gasteiger partial charge in [-0.2, -0.15) is 5.10 Å². The Labute approximate surface area is 182 Å². The molecule has 1 aliphatic heterocycles. The molecule has 0 bridgehead atoms. The third-order valence-electron chi connectivity index (χ3n) is 4.35. The fourth-order valence-electron chi connectivity index (χ4n) is 2.97. The number of nitrogens with zero attached hydrogens (tertiary/aromatic N) is 1. The summed E-state index contributed by atoms with van der Waals surface area (Å²) in [5.41, 5.74) is 4.52. The van der Waals surface area contributed by atoms with Crippen LogP contribution < -0.4 is 15.5 Å². The zero-order valence-electron chi connectivity index (χ0n) is 17.9. The molecule has 0 unspecified atom stereocenters. The molecule has 7 nitrogen and oxygen atoms in total. The van der Waals surface area contributed by atoms with E-state index >= 15 is 0 Å². The second-order valence-corrected chi connectivity index (χ2v) is 8.17. The number of amides is 2. The van der Waals surface area contributed by atoms with Crippen LogP contribution in [0.3, 0.4) is 0 Å². The predicted molar refractivity (Wildman–Crippen MR) is 120 cm³/mol. The van der Waals surface area contributed by atoms with E-state index in [1.54, 1.807) is 27.0 Å². The van der Waals surface area contributed by atoms with Crippen LogP contribution in [0.4, 0.5) is 4.79 Å². The zero-order chi connectivity index (χ0) is 22.3. The van der Waals surface area contributed by atoms with E-state index in [9.17, 15) is 9.59 Å². The van der Waals surface area contributed by atoms with Crippen LogP contribution in [0.5, 0.6) is 5.75 Å². The molecule has 0 fully saturated rings. The fourth-order valence-corrected chi connectivity index (χ4v) is 2.97. The van der Waals surface area contributed by atoms with Gasteiger partial charge in [-0.05, 0) is 38.5 Å². The number of nitrogens with one attached hydrogen (secondary N) is 2. The summed E-state index contributed by atoms with van der Waals surface area (Å²) >= 11 is 0. The first-order valence-corrected chi connectivity index (χ1v) is 10.1. The number of carbonyl (C=O) groups excluding carboxylic acids is 2. The molecule has 0 aromatic heterocycles. The van der Waals surface area contributed by atoms with Crippen LogP contribution in [0.15, 0.2) is 65.3 Å². The van der Waals surface area contributed by atoms with Crippen molar-refractivity contribution in [3.8, 4) is 5.75 Å². The van der Waals surface area contributed by atoms with Gasteiger partial charge < -0.3 is 14.8 Å². The predicted octanol–water partition coefficient (Wildman–Crippen LogP) is 3.70. The standard InChI is InChI=1S/C24H27N3O4/c1-24(2,3)31-23(29)26-20(14-17-9-5-4-6-10-17)22(28)27-25-15-18-13-19-11-7-8-12-21(19)30-16-18/h4-13,15,20H,14,16H2,1-3H3,(H,26,29)(H,27,28)/b25-15+/t20-/m1/s1. The van der Waals surface area contributed by atoms with Gasteiger partial charge in [0.15, 0.2) is 0 Å². The highest BCUT2D eigenvalue weighted by molar-refractivity contribution is 5.90. The molecule has 1 aliphatic rings. The van der Waals surface area contributed by atoms with Crippen LogP contribution in [0, 0.1) is 0 Å². The summed E-state index contributed by atoms with van der Waals surface area (Å²) in [4.78, 5) is 25.0. The number of rotatable bonds is 6. The van der Waals surface area contributed by atoms with E-state index in [1.807, 2.05) is 60.7 Å².